The summed E-state index contributed by atoms with van der Waals surface area (Å²) in [7, 11) is 0. The summed E-state index contributed by atoms with van der Waals surface area (Å²) in [4.78, 5) is 23.1. The number of hydrogen-bond acceptors (Lipinski definition) is 4. The molecule has 3 atom stereocenters. The molecule has 0 aromatic rings. The van der Waals surface area contributed by atoms with Crippen molar-refractivity contribution in [3.8, 4) is 0 Å². The van der Waals surface area contributed by atoms with Crippen molar-refractivity contribution in [2.75, 3.05) is 24.7 Å². The monoisotopic (exact) mass is 304 g/mol. The lowest BCUT2D eigenvalue weighted by molar-refractivity contribution is -0.148. The Morgan fingerprint density at radius 2 is 2.25 bits per heavy atom. The molecule has 1 fully saturated rings. The van der Waals surface area contributed by atoms with Crippen molar-refractivity contribution in [1.29, 1.82) is 0 Å². The molecule has 20 heavy (non-hydrogen) atoms. The van der Waals surface area contributed by atoms with E-state index in [1.54, 1.807) is 6.92 Å². The molecule has 116 valence electrons. The van der Waals surface area contributed by atoms with Gasteiger partial charge >= 0.3 is 12.0 Å². The van der Waals surface area contributed by atoms with Gasteiger partial charge in [0.15, 0.2) is 0 Å². The summed E-state index contributed by atoms with van der Waals surface area (Å²) < 4.78 is 5.19. The van der Waals surface area contributed by atoms with Crippen molar-refractivity contribution in [2.45, 2.75) is 39.3 Å². The molecule has 1 aliphatic heterocycles. The zero-order chi connectivity index (χ0) is 15.2. The minimum atomic E-state index is -1.06. The third-order valence-corrected chi connectivity index (χ3v) is 4.46. The van der Waals surface area contributed by atoms with Crippen molar-refractivity contribution < 1.29 is 19.4 Å². The molecular weight excluding hydrogens is 280 g/mol. The van der Waals surface area contributed by atoms with Gasteiger partial charge in [0.1, 0.15) is 5.41 Å². The Kier molecular flexibility index (Phi) is 6.61. The van der Waals surface area contributed by atoms with Crippen LogP contribution < -0.4 is 10.6 Å². The summed E-state index contributed by atoms with van der Waals surface area (Å²) in [6.45, 7) is 5.99. The fourth-order valence-electron chi connectivity index (χ4n) is 1.99. The first-order valence-electron chi connectivity index (χ1n) is 6.86. The number of amides is 2. The van der Waals surface area contributed by atoms with Gasteiger partial charge in [-0.2, -0.15) is 11.8 Å². The molecule has 0 saturated carbocycles. The first-order valence-corrected chi connectivity index (χ1v) is 8.01. The topological polar surface area (TPSA) is 87.7 Å². The standard InChI is InChI=1S/C13H24N2O4S/c1-4-20-6-5-9(2)14-12(18)15-10-7-19-8-13(10,3)11(16)17/h9-10H,4-8H2,1-3H3,(H,16,17)(H2,14,15,18). The summed E-state index contributed by atoms with van der Waals surface area (Å²) in [5.41, 5.74) is -1.06. The van der Waals surface area contributed by atoms with Gasteiger partial charge in [0.25, 0.3) is 0 Å². The second kappa shape index (κ2) is 7.73. The number of thioether (sulfide) groups is 1. The zero-order valence-electron chi connectivity index (χ0n) is 12.3. The number of rotatable bonds is 7. The predicted octanol–water partition coefficient (Wildman–Crippen LogP) is 1.31. The molecule has 3 unspecified atom stereocenters. The van der Waals surface area contributed by atoms with E-state index in [1.807, 2.05) is 18.7 Å². The lowest BCUT2D eigenvalue weighted by Crippen LogP contribution is -2.53. The molecule has 0 aromatic carbocycles. The minimum Gasteiger partial charge on any atom is -0.481 e. The molecule has 2 amide bonds. The first kappa shape index (κ1) is 17.1. The first-order chi connectivity index (χ1) is 9.40. The van der Waals surface area contributed by atoms with Gasteiger partial charge in [-0.25, -0.2) is 4.79 Å². The van der Waals surface area contributed by atoms with E-state index in [4.69, 9.17) is 4.74 Å². The number of carboxylic acid groups (broad SMARTS) is 1. The van der Waals surface area contributed by atoms with Gasteiger partial charge in [-0.15, -0.1) is 0 Å². The summed E-state index contributed by atoms with van der Waals surface area (Å²) >= 11 is 1.83. The molecule has 0 bridgehead atoms. The Morgan fingerprint density at radius 3 is 2.85 bits per heavy atom. The van der Waals surface area contributed by atoms with Crippen LogP contribution in [0.3, 0.4) is 0 Å². The maximum Gasteiger partial charge on any atom is 0.315 e. The lowest BCUT2D eigenvalue weighted by Gasteiger charge is -2.26. The highest BCUT2D eigenvalue weighted by Gasteiger charge is 2.47. The highest BCUT2D eigenvalue weighted by atomic mass is 32.2. The van der Waals surface area contributed by atoms with Crippen LogP contribution >= 0.6 is 11.8 Å². The van der Waals surface area contributed by atoms with Gasteiger partial charge in [-0.1, -0.05) is 6.92 Å². The van der Waals surface area contributed by atoms with Gasteiger partial charge in [0.05, 0.1) is 19.3 Å². The third kappa shape index (κ3) is 4.56. The average Bonchev–Trinajstić information content (AvgIpc) is 2.72. The zero-order valence-corrected chi connectivity index (χ0v) is 13.1. The molecule has 0 spiro atoms. The number of nitrogens with one attached hydrogen (secondary N) is 2. The maximum atomic E-state index is 11.9. The maximum absolute atomic E-state index is 11.9. The second-order valence-electron chi connectivity index (χ2n) is 5.29. The van der Waals surface area contributed by atoms with Crippen LogP contribution in [0.5, 0.6) is 0 Å². The molecule has 0 aromatic heterocycles. The van der Waals surface area contributed by atoms with Crippen molar-refractivity contribution in [3.63, 3.8) is 0 Å². The van der Waals surface area contributed by atoms with Gasteiger partial charge in [-0.3, -0.25) is 4.79 Å². The summed E-state index contributed by atoms with van der Waals surface area (Å²) in [6.07, 6.45) is 0.892. The molecule has 1 rings (SSSR count). The molecular formula is C13H24N2O4S. The van der Waals surface area contributed by atoms with Crippen molar-refractivity contribution in [3.05, 3.63) is 0 Å². The Balaban J connectivity index is 2.40. The number of carbonyl (C=O) groups is 2. The van der Waals surface area contributed by atoms with E-state index in [0.717, 1.165) is 17.9 Å². The Bertz CT molecular complexity index is 353. The van der Waals surface area contributed by atoms with E-state index in [-0.39, 0.29) is 25.3 Å². The fraction of sp³-hybridized carbons (Fsp3) is 0.846. The Labute approximate surface area is 124 Å². The highest BCUT2D eigenvalue weighted by molar-refractivity contribution is 7.99. The smallest absolute Gasteiger partial charge is 0.315 e. The number of ether oxygens (including phenoxy) is 1. The van der Waals surface area contributed by atoms with Gasteiger partial charge in [-0.05, 0) is 31.8 Å². The van der Waals surface area contributed by atoms with Crippen LogP contribution in [0, 0.1) is 5.41 Å². The third-order valence-electron chi connectivity index (χ3n) is 3.53. The molecule has 3 N–H and O–H groups in total. The quantitative estimate of drug-likeness (QED) is 0.617. The van der Waals surface area contributed by atoms with Crippen LogP contribution in [-0.4, -0.2) is 53.9 Å². The van der Waals surface area contributed by atoms with E-state index in [9.17, 15) is 14.7 Å². The fourth-order valence-corrected chi connectivity index (χ4v) is 2.79. The van der Waals surface area contributed by atoms with Crippen LogP contribution in [0.15, 0.2) is 0 Å². The Hall–Kier alpha value is -0.950. The number of hydrogen-bond donors (Lipinski definition) is 3. The SMILES string of the molecule is CCSCCC(C)NC(=O)NC1COCC1(C)C(=O)O. The molecule has 1 heterocycles. The molecule has 7 heteroatoms. The molecule has 6 nitrogen and oxygen atoms in total. The summed E-state index contributed by atoms with van der Waals surface area (Å²) in [6, 6.07) is -0.772. The molecule has 0 aliphatic carbocycles. The van der Waals surface area contributed by atoms with Gasteiger partial charge < -0.3 is 20.5 Å². The highest BCUT2D eigenvalue weighted by Crippen LogP contribution is 2.28. The van der Waals surface area contributed by atoms with E-state index in [1.165, 1.54) is 0 Å². The Morgan fingerprint density at radius 1 is 1.55 bits per heavy atom. The second-order valence-corrected chi connectivity index (χ2v) is 6.69. The van der Waals surface area contributed by atoms with Crippen LogP contribution in [-0.2, 0) is 9.53 Å². The lowest BCUT2D eigenvalue weighted by atomic mass is 9.85. The predicted molar refractivity (Wildman–Crippen MR) is 79.1 cm³/mol. The van der Waals surface area contributed by atoms with E-state index >= 15 is 0 Å². The van der Waals surface area contributed by atoms with Crippen molar-refractivity contribution >= 4 is 23.8 Å². The molecule has 1 aliphatic rings. The van der Waals surface area contributed by atoms with Gasteiger partial charge in [0.2, 0.25) is 0 Å². The molecule has 1 saturated heterocycles. The van der Waals surface area contributed by atoms with Crippen LogP contribution in [0.25, 0.3) is 0 Å². The van der Waals surface area contributed by atoms with Crippen LogP contribution in [0.4, 0.5) is 4.79 Å². The normalized spacial score (nSPS) is 27.1. The number of aliphatic carboxylic acids is 1. The number of urea groups is 1. The average molecular weight is 304 g/mol. The van der Waals surface area contributed by atoms with Crippen LogP contribution in [0.1, 0.15) is 27.2 Å². The van der Waals surface area contributed by atoms with E-state index in [2.05, 4.69) is 17.6 Å². The minimum absolute atomic E-state index is 0.0625. The van der Waals surface area contributed by atoms with Gasteiger partial charge in [0, 0.05) is 6.04 Å². The molecule has 0 radical (unpaired) electrons. The van der Waals surface area contributed by atoms with Crippen LogP contribution in [0.2, 0.25) is 0 Å². The number of carboxylic acids is 1. The van der Waals surface area contributed by atoms with E-state index in [0.29, 0.717) is 0 Å². The largest absolute Gasteiger partial charge is 0.481 e. The number of carbonyl (C=O) groups excluding carboxylic acids is 1. The van der Waals surface area contributed by atoms with Crippen molar-refractivity contribution in [2.24, 2.45) is 5.41 Å². The van der Waals surface area contributed by atoms with Crippen molar-refractivity contribution in [1.82, 2.24) is 10.6 Å². The van der Waals surface area contributed by atoms with E-state index < -0.39 is 17.4 Å². The summed E-state index contributed by atoms with van der Waals surface area (Å²) in [5.74, 6) is 1.11. The summed E-state index contributed by atoms with van der Waals surface area (Å²) in [5, 5.41) is 14.8.